The first kappa shape index (κ1) is 22.0. The largest absolute Gasteiger partial charge is 0.497 e. The normalized spacial score (nSPS) is 17.5. The van der Waals surface area contributed by atoms with Crippen molar-refractivity contribution in [1.82, 2.24) is 19.8 Å². The Hall–Kier alpha value is -2.66. The minimum atomic E-state index is -3.30. The Morgan fingerprint density at radius 3 is 2.83 bits per heavy atom. The summed E-state index contributed by atoms with van der Waals surface area (Å²) in [7, 11) is -0.206. The number of methoxy groups -OCH3 is 2. The van der Waals surface area contributed by atoms with Crippen LogP contribution in [0, 0.1) is 5.92 Å². The summed E-state index contributed by atoms with van der Waals surface area (Å²) in [5.41, 5.74) is 0.632. The molecule has 1 aliphatic rings. The van der Waals surface area contributed by atoms with Crippen LogP contribution in [0.4, 0.5) is 0 Å². The highest BCUT2D eigenvalue weighted by molar-refractivity contribution is 7.89. The molecule has 1 N–H and O–H groups in total. The number of benzene rings is 1. The molecule has 30 heavy (non-hydrogen) atoms. The number of hydrogen-bond acceptors (Lipinski definition) is 8. The topological polar surface area (TPSA) is 124 Å². The van der Waals surface area contributed by atoms with Gasteiger partial charge in [0.05, 0.1) is 38.0 Å². The number of carbonyl (C=O) groups is 1. The Labute approximate surface area is 175 Å². The van der Waals surface area contributed by atoms with Crippen molar-refractivity contribution >= 4 is 15.9 Å². The third-order valence-electron chi connectivity index (χ3n) is 5.04. The van der Waals surface area contributed by atoms with Crippen LogP contribution in [0.3, 0.4) is 0 Å². The zero-order valence-electron chi connectivity index (χ0n) is 17.3. The molecule has 1 amide bonds. The second-order valence-electron chi connectivity index (χ2n) is 6.89. The average molecular weight is 439 g/mol. The molecule has 1 fully saturated rings. The fourth-order valence-corrected chi connectivity index (χ4v) is 4.50. The molecule has 3 rings (SSSR count). The summed E-state index contributed by atoms with van der Waals surface area (Å²) in [6.45, 7) is 2.31. The minimum absolute atomic E-state index is 0.0287. The average Bonchev–Trinajstić information content (AvgIpc) is 3.25. The molecule has 0 spiro atoms. The number of hydrogen-bond donors (Lipinski definition) is 1. The third-order valence-corrected chi connectivity index (χ3v) is 6.89. The maximum atomic E-state index is 12.5. The Balaban J connectivity index is 1.62. The van der Waals surface area contributed by atoms with Crippen LogP contribution in [0.2, 0.25) is 0 Å². The molecule has 0 bridgehead atoms. The Morgan fingerprint density at radius 1 is 1.33 bits per heavy atom. The first-order valence-electron chi connectivity index (χ1n) is 9.68. The van der Waals surface area contributed by atoms with Crippen molar-refractivity contribution in [3.05, 3.63) is 24.1 Å². The first-order chi connectivity index (χ1) is 14.4. The molecule has 1 aliphatic heterocycles. The SMILES string of the molecule is CCS(=O)(=O)N1CCC[C@@H](C(=O)NCc2nc(-c3ccc(OC)cc3OC)no2)C1. The highest BCUT2D eigenvalue weighted by atomic mass is 32.2. The quantitative estimate of drug-likeness (QED) is 0.656. The van der Waals surface area contributed by atoms with Crippen LogP contribution in [-0.2, 0) is 21.4 Å². The van der Waals surface area contributed by atoms with Gasteiger partial charge in [-0.15, -0.1) is 0 Å². The highest BCUT2D eigenvalue weighted by Crippen LogP contribution is 2.31. The molecule has 1 aromatic heterocycles. The van der Waals surface area contributed by atoms with Gasteiger partial charge in [-0.05, 0) is 31.9 Å². The van der Waals surface area contributed by atoms with Crippen molar-refractivity contribution < 1.29 is 27.2 Å². The summed E-state index contributed by atoms with van der Waals surface area (Å²) in [5, 5.41) is 6.71. The van der Waals surface area contributed by atoms with Crippen LogP contribution in [0.5, 0.6) is 11.5 Å². The molecule has 2 aromatic rings. The van der Waals surface area contributed by atoms with Gasteiger partial charge in [-0.2, -0.15) is 4.98 Å². The number of ether oxygens (including phenoxy) is 2. The summed E-state index contributed by atoms with van der Waals surface area (Å²) in [5.74, 6) is 1.14. The van der Waals surface area contributed by atoms with E-state index in [1.165, 1.54) is 11.4 Å². The first-order valence-corrected chi connectivity index (χ1v) is 11.3. The molecule has 2 heterocycles. The molecule has 164 valence electrons. The number of amides is 1. The summed E-state index contributed by atoms with van der Waals surface area (Å²) in [6.07, 6.45) is 1.29. The zero-order chi connectivity index (χ0) is 21.7. The number of aromatic nitrogens is 2. The van der Waals surface area contributed by atoms with E-state index < -0.39 is 15.9 Å². The van der Waals surface area contributed by atoms with Crippen molar-refractivity contribution in [2.24, 2.45) is 5.92 Å². The standard InChI is InChI=1S/C19H26N4O6S/c1-4-30(25,26)23-9-5-6-13(12-23)19(24)20-11-17-21-18(22-29-17)15-8-7-14(27-2)10-16(15)28-3/h7-8,10,13H,4-6,9,11-12H2,1-3H3,(H,20,24)/t13-/m1/s1. The van der Waals surface area contributed by atoms with E-state index in [-0.39, 0.29) is 30.6 Å². The molecular weight excluding hydrogens is 412 g/mol. The number of sulfonamides is 1. The fourth-order valence-electron chi connectivity index (χ4n) is 3.32. The van der Waals surface area contributed by atoms with Crippen LogP contribution < -0.4 is 14.8 Å². The van der Waals surface area contributed by atoms with Crippen LogP contribution in [0.25, 0.3) is 11.4 Å². The van der Waals surface area contributed by atoms with Gasteiger partial charge in [0.1, 0.15) is 11.5 Å². The fraction of sp³-hybridized carbons (Fsp3) is 0.526. The van der Waals surface area contributed by atoms with E-state index in [2.05, 4.69) is 15.5 Å². The maximum Gasteiger partial charge on any atom is 0.246 e. The van der Waals surface area contributed by atoms with Gasteiger partial charge >= 0.3 is 0 Å². The molecule has 1 aromatic carbocycles. The predicted octanol–water partition coefficient (Wildman–Crippen LogP) is 1.43. The van der Waals surface area contributed by atoms with Gasteiger partial charge in [-0.25, -0.2) is 12.7 Å². The van der Waals surface area contributed by atoms with E-state index in [1.807, 2.05) is 0 Å². The molecule has 0 unspecified atom stereocenters. The lowest BCUT2D eigenvalue weighted by Gasteiger charge is -2.30. The van der Waals surface area contributed by atoms with E-state index in [1.54, 1.807) is 32.2 Å². The summed E-state index contributed by atoms with van der Waals surface area (Å²) >= 11 is 0. The molecule has 1 atom stereocenters. The van der Waals surface area contributed by atoms with Gasteiger partial charge in [-0.1, -0.05) is 5.16 Å². The third kappa shape index (κ3) is 4.90. The van der Waals surface area contributed by atoms with E-state index in [0.29, 0.717) is 42.3 Å². The molecule has 10 nitrogen and oxygen atoms in total. The number of piperidine rings is 1. The van der Waals surface area contributed by atoms with Crippen LogP contribution in [-0.4, -0.2) is 61.8 Å². The second-order valence-corrected chi connectivity index (χ2v) is 9.15. The maximum absolute atomic E-state index is 12.5. The zero-order valence-corrected chi connectivity index (χ0v) is 18.1. The lowest BCUT2D eigenvalue weighted by atomic mass is 9.99. The van der Waals surface area contributed by atoms with Crippen molar-refractivity contribution in [1.29, 1.82) is 0 Å². The van der Waals surface area contributed by atoms with Crippen molar-refractivity contribution in [3.63, 3.8) is 0 Å². The lowest BCUT2D eigenvalue weighted by molar-refractivity contribution is -0.126. The van der Waals surface area contributed by atoms with Crippen molar-refractivity contribution in [3.8, 4) is 22.9 Å². The number of nitrogens with zero attached hydrogens (tertiary/aromatic N) is 3. The smallest absolute Gasteiger partial charge is 0.246 e. The molecular formula is C19H26N4O6S. The number of nitrogens with one attached hydrogen (secondary N) is 1. The lowest BCUT2D eigenvalue weighted by Crippen LogP contribution is -2.45. The van der Waals surface area contributed by atoms with Gasteiger partial charge in [-0.3, -0.25) is 4.79 Å². The summed E-state index contributed by atoms with van der Waals surface area (Å²) in [6, 6.07) is 5.23. The van der Waals surface area contributed by atoms with Gasteiger partial charge in [0.25, 0.3) is 0 Å². The molecule has 11 heteroatoms. The van der Waals surface area contributed by atoms with Gasteiger partial charge in [0.15, 0.2) is 0 Å². The van der Waals surface area contributed by atoms with Gasteiger partial charge in [0, 0.05) is 19.2 Å². The molecule has 0 radical (unpaired) electrons. The molecule has 0 aliphatic carbocycles. The Morgan fingerprint density at radius 2 is 2.13 bits per heavy atom. The van der Waals surface area contributed by atoms with Crippen molar-refractivity contribution in [2.75, 3.05) is 33.1 Å². The summed E-state index contributed by atoms with van der Waals surface area (Å²) in [4.78, 5) is 16.8. The monoisotopic (exact) mass is 438 g/mol. The number of rotatable bonds is 8. The summed E-state index contributed by atoms with van der Waals surface area (Å²) < 4.78 is 41.3. The highest BCUT2D eigenvalue weighted by Gasteiger charge is 2.31. The van der Waals surface area contributed by atoms with Gasteiger partial charge in [0.2, 0.25) is 27.6 Å². The predicted molar refractivity (Wildman–Crippen MR) is 108 cm³/mol. The van der Waals surface area contributed by atoms with Crippen molar-refractivity contribution in [2.45, 2.75) is 26.3 Å². The van der Waals surface area contributed by atoms with E-state index in [0.717, 1.165) is 0 Å². The molecule has 0 saturated carbocycles. The van der Waals surface area contributed by atoms with Crippen LogP contribution in [0.1, 0.15) is 25.7 Å². The van der Waals surface area contributed by atoms with E-state index in [9.17, 15) is 13.2 Å². The molecule has 1 saturated heterocycles. The van der Waals surface area contributed by atoms with Gasteiger partial charge < -0.3 is 19.3 Å². The van der Waals surface area contributed by atoms with E-state index >= 15 is 0 Å². The van der Waals surface area contributed by atoms with Crippen LogP contribution >= 0.6 is 0 Å². The minimum Gasteiger partial charge on any atom is -0.497 e. The Kier molecular flexibility index (Phi) is 6.93. The Bertz CT molecular complexity index is 991. The van der Waals surface area contributed by atoms with Crippen LogP contribution in [0.15, 0.2) is 22.7 Å². The number of carbonyl (C=O) groups excluding carboxylic acids is 1. The second kappa shape index (κ2) is 9.43. The van der Waals surface area contributed by atoms with E-state index in [4.69, 9.17) is 14.0 Å².